The minimum atomic E-state index is -0.842. The molecule has 1 heterocycles. The zero-order valence-corrected chi connectivity index (χ0v) is 12.9. The molecule has 0 aromatic carbocycles. The Morgan fingerprint density at radius 3 is 2.81 bits per heavy atom. The van der Waals surface area contributed by atoms with E-state index in [2.05, 4.69) is 17.0 Å². The molecule has 1 fully saturated rings. The van der Waals surface area contributed by atoms with Gasteiger partial charge in [0.25, 0.3) is 0 Å². The maximum atomic E-state index is 11.4. The zero-order valence-electron chi connectivity index (χ0n) is 12.0. The van der Waals surface area contributed by atoms with Gasteiger partial charge in [0.05, 0.1) is 5.92 Å². The molecule has 1 aromatic rings. The summed E-state index contributed by atoms with van der Waals surface area (Å²) < 4.78 is 1.38. The van der Waals surface area contributed by atoms with Crippen LogP contribution in [-0.2, 0) is 11.8 Å². The molecule has 2 rings (SSSR count). The summed E-state index contributed by atoms with van der Waals surface area (Å²) in [6, 6.07) is 0. The predicted molar refractivity (Wildman–Crippen MR) is 78.5 cm³/mol. The number of hydrogen-bond donors (Lipinski definition) is 2. The Morgan fingerprint density at radius 1 is 1.48 bits per heavy atom. The average Bonchev–Trinajstić information content (AvgIpc) is 2.44. The first kappa shape index (κ1) is 15.8. The lowest BCUT2D eigenvalue weighted by Gasteiger charge is -2.32. The molecule has 0 aliphatic heterocycles. The van der Waals surface area contributed by atoms with Gasteiger partial charge in [0.2, 0.25) is 0 Å². The largest absolute Gasteiger partial charge is 0.481 e. The topological polar surface area (TPSA) is 105 Å². The number of thioether (sulfide) groups is 1. The van der Waals surface area contributed by atoms with Crippen LogP contribution >= 0.6 is 11.8 Å². The second kappa shape index (κ2) is 6.46. The molecule has 1 aromatic heterocycles. The minimum absolute atomic E-state index is 0.134. The molecule has 2 N–H and O–H groups in total. The van der Waals surface area contributed by atoms with E-state index in [4.69, 9.17) is 0 Å². The number of rotatable bonds is 4. The number of nitrogens with one attached hydrogen (secondary N) is 1. The molecule has 1 aliphatic rings. The third-order valence-corrected chi connectivity index (χ3v) is 5.40. The molecular weight excluding hydrogens is 294 g/mol. The molecule has 7 nitrogen and oxygen atoms in total. The number of carbonyl (C=O) groups is 1. The van der Waals surface area contributed by atoms with Crippen LogP contribution in [0.25, 0.3) is 0 Å². The van der Waals surface area contributed by atoms with Crippen LogP contribution in [0, 0.1) is 11.8 Å². The third kappa shape index (κ3) is 3.55. The van der Waals surface area contributed by atoms with Crippen LogP contribution < -0.4 is 11.1 Å². The Hall–Kier alpha value is -1.57. The van der Waals surface area contributed by atoms with Crippen molar-refractivity contribution in [3.05, 3.63) is 20.7 Å². The first-order valence-corrected chi connectivity index (χ1v) is 7.87. The Kier molecular flexibility index (Phi) is 4.87. The van der Waals surface area contributed by atoms with Gasteiger partial charge in [-0.2, -0.15) is 4.98 Å². The SMILES string of the molecule is CCC1CCC(C(=O)O)C(Sc2nc(=O)c(=O)[nH]n2C)C1. The number of hydrogen-bond acceptors (Lipinski definition) is 5. The van der Waals surface area contributed by atoms with Gasteiger partial charge in [-0.3, -0.25) is 24.2 Å². The summed E-state index contributed by atoms with van der Waals surface area (Å²) in [6.45, 7) is 2.10. The fraction of sp³-hybridized carbons (Fsp3) is 0.692. The Bertz CT molecular complexity index is 639. The number of aliphatic carboxylic acids is 1. The van der Waals surface area contributed by atoms with E-state index in [0.717, 1.165) is 19.3 Å². The first-order valence-electron chi connectivity index (χ1n) is 6.99. The minimum Gasteiger partial charge on any atom is -0.481 e. The molecule has 0 amide bonds. The van der Waals surface area contributed by atoms with Gasteiger partial charge in [-0.25, -0.2) is 0 Å². The van der Waals surface area contributed by atoms with Gasteiger partial charge in [0.15, 0.2) is 5.16 Å². The van der Waals surface area contributed by atoms with Crippen LogP contribution in [0.4, 0.5) is 0 Å². The molecule has 21 heavy (non-hydrogen) atoms. The fourth-order valence-corrected chi connectivity index (χ4v) is 4.09. The van der Waals surface area contributed by atoms with Crippen molar-refractivity contribution in [1.82, 2.24) is 14.8 Å². The zero-order chi connectivity index (χ0) is 15.6. The fourth-order valence-electron chi connectivity index (χ4n) is 2.70. The highest BCUT2D eigenvalue weighted by atomic mass is 32.2. The number of carboxylic acids is 1. The molecule has 116 valence electrons. The second-order valence-electron chi connectivity index (χ2n) is 5.39. The van der Waals surface area contributed by atoms with Crippen LogP contribution in [0.15, 0.2) is 14.7 Å². The molecule has 3 atom stereocenters. The van der Waals surface area contributed by atoms with Crippen LogP contribution in [0.3, 0.4) is 0 Å². The van der Waals surface area contributed by atoms with Crippen molar-refractivity contribution in [1.29, 1.82) is 0 Å². The van der Waals surface area contributed by atoms with E-state index in [1.807, 2.05) is 0 Å². The first-order chi connectivity index (χ1) is 9.92. The number of aromatic nitrogens is 3. The summed E-state index contributed by atoms with van der Waals surface area (Å²) >= 11 is 1.27. The van der Waals surface area contributed by atoms with Gasteiger partial charge < -0.3 is 5.11 Å². The average molecular weight is 313 g/mol. The van der Waals surface area contributed by atoms with Gasteiger partial charge in [-0.15, -0.1) is 0 Å². The quantitative estimate of drug-likeness (QED) is 0.798. The van der Waals surface area contributed by atoms with Crippen molar-refractivity contribution >= 4 is 17.7 Å². The third-order valence-electron chi connectivity index (χ3n) is 4.00. The van der Waals surface area contributed by atoms with Crippen molar-refractivity contribution < 1.29 is 9.90 Å². The van der Waals surface area contributed by atoms with Crippen LogP contribution in [0.1, 0.15) is 32.6 Å². The second-order valence-corrected chi connectivity index (χ2v) is 6.59. The molecular formula is C13H19N3O4S. The van der Waals surface area contributed by atoms with E-state index in [1.165, 1.54) is 16.4 Å². The summed E-state index contributed by atoms with van der Waals surface area (Å²) in [5, 5.41) is 12.0. The van der Waals surface area contributed by atoms with E-state index < -0.39 is 23.0 Å². The lowest BCUT2D eigenvalue weighted by Crippen LogP contribution is -2.36. The molecule has 0 spiro atoms. The molecule has 0 bridgehead atoms. The highest BCUT2D eigenvalue weighted by molar-refractivity contribution is 7.99. The van der Waals surface area contributed by atoms with E-state index >= 15 is 0 Å². The van der Waals surface area contributed by atoms with E-state index in [-0.39, 0.29) is 5.25 Å². The molecule has 1 aliphatic carbocycles. The summed E-state index contributed by atoms with van der Waals surface area (Å²) in [5.41, 5.74) is -1.61. The maximum Gasteiger partial charge on any atom is 0.339 e. The smallest absolute Gasteiger partial charge is 0.339 e. The lowest BCUT2D eigenvalue weighted by molar-refractivity contribution is -0.142. The van der Waals surface area contributed by atoms with Crippen LogP contribution in [0.5, 0.6) is 0 Å². The van der Waals surface area contributed by atoms with E-state index in [1.54, 1.807) is 7.05 Å². The van der Waals surface area contributed by atoms with Crippen molar-refractivity contribution in [2.75, 3.05) is 0 Å². The molecule has 0 radical (unpaired) electrons. The number of carboxylic acid groups (broad SMARTS) is 1. The Balaban J connectivity index is 2.25. The van der Waals surface area contributed by atoms with Crippen LogP contribution in [0.2, 0.25) is 0 Å². The highest BCUT2D eigenvalue weighted by Crippen LogP contribution is 2.40. The van der Waals surface area contributed by atoms with E-state index in [0.29, 0.717) is 17.5 Å². The summed E-state index contributed by atoms with van der Waals surface area (Å²) in [4.78, 5) is 37.7. The number of nitrogens with zero attached hydrogens (tertiary/aromatic N) is 2. The lowest BCUT2D eigenvalue weighted by atomic mass is 9.80. The van der Waals surface area contributed by atoms with Gasteiger partial charge in [-0.05, 0) is 25.2 Å². The van der Waals surface area contributed by atoms with Crippen molar-refractivity contribution in [2.24, 2.45) is 18.9 Å². The standard InChI is InChI=1S/C13H19N3O4S/c1-3-7-4-5-8(12(19)20)9(6-7)21-13-14-10(17)11(18)15-16(13)2/h7-9H,3-6H2,1-2H3,(H,15,18)(H,19,20). The molecule has 3 unspecified atom stereocenters. The van der Waals surface area contributed by atoms with Gasteiger partial charge in [0, 0.05) is 12.3 Å². The van der Waals surface area contributed by atoms with Crippen molar-refractivity contribution in [3.63, 3.8) is 0 Å². The van der Waals surface area contributed by atoms with Crippen molar-refractivity contribution in [3.8, 4) is 0 Å². The Labute approximate surface area is 125 Å². The molecule has 1 saturated carbocycles. The number of H-pyrrole nitrogens is 1. The van der Waals surface area contributed by atoms with Crippen LogP contribution in [-0.4, -0.2) is 31.1 Å². The number of aryl methyl sites for hydroxylation is 1. The normalized spacial score (nSPS) is 25.7. The highest BCUT2D eigenvalue weighted by Gasteiger charge is 2.35. The van der Waals surface area contributed by atoms with Gasteiger partial charge in [0.1, 0.15) is 0 Å². The molecule has 8 heteroatoms. The number of aromatic amines is 1. The molecule has 0 saturated heterocycles. The summed E-state index contributed by atoms with van der Waals surface area (Å²) in [5.74, 6) is -0.754. The summed E-state index contributed by atoms with van der Waals surface area (Å²) in [7, 11) is 1.59. The Morgan fingerprint density at radius 2 is 2.19 bits per heavy atom. The summed E-state index contributed by atoms with van der Waals surface area (Å²) in [6.07, 6.45) is 3.36. The van der Waals surface area contributed by atoms with Gasteiger partial charge >= 0.3 is 17.1 Å². The monoisotopic (exact) mass is 313 g/mol. The predicted octanol–water partition coefficient (Wildman–Crippen LogP) is 0.840. The maximum absolute atomic E-state index is 11.4. The van der Waals surface area contributed by atoms with Gasteiger partial charge in [-0.1, -0.05) is 25.1 Å². The van der Waals surface area contributed by atoms with E-state index in [9.17, 15) is 19.5 Å². The van der Waals surface area contributed by atoms with Crippen molar-refractivity contribution in [2.45, 2.75) is 43.0 Å².